The first-order valence-corrected chi connectivity index (χ1v) is 4.35. The molecule has 0 saturated heterocycles. The van der Waals surface area contributed by atoms with Gasteiger partial charge < -0.3 is 4.74 Å². The Bertz CT molecular complexity index is 312. The molecule has 0 aliphatic rings. The second kappa shape index (κ2) is 4.82. The molecule has 0 radical (unpaired) electrons. The zero-order valence-electron chi connectivity index (χ0n) is 7.62. The number of hydrogen-bond donors (Lipinski definition) is 0. The van der Waals surface area contributed by atoms with Crippen LogP contribution in [0.15, 0.2) is 18.3 Å². The zero-order chi connectivity index (χ0) is 9.68. The number of nitrogens with zero attached hydrogens (tertiary/aromatic N) is 2. The third-order valence-corrected chi connectivity index (χ3v) is 1.63. The highest BCUT2D eigenvalue weighted by molar-refractivity contribution is 6.28. The van der Waals surface area contributed by atoms with E-state index in [1.165, 1.54) is 0 Å². The maximum absolute atomic E-state index is 5.61. The van der Waals surface area contributed by atoms with Crippen molar-refractivity contribution in [2.24, 2.45) is 0 Å². The van der Waals surface area contributed by atoms with Crippen molar-refractivity contribution in [2.45, 2.75) is 13.8 Å². The molecule has 4 heteroatoms. The summed E-state index contributed by atoms with van der Waals surface area (Å²) in [5.41, 5.74) is 0.883. The van der Waals surface area contributed by atoms with Crippen LogP contribution in [0.25, 0.3) is 0 Å². The highest BCUT2D eigenvalue weighted by Gasteiger charge is 2.01. The van der Waals surface area contributed by atoms with Gasteiger partial charge in [0.1, 0.15) is 6.61 Å². The van der Waals surface area contributed by atoms with Crippen LogP contribution in [0.1, 0.15) is 12.5 Å². The number of ether oxygens (including phenoxy) is 1. The highest BCUT2D eigenvalue weighted by atomic mass is 35.5. The molecule has 0 saturated carbocycles. The van der Waals surface area contributed by atoms with Crippen LogP contribution in [-0.2, 0) is 0 Å². The fraction of sp³-hybridized carbons (Fsp3) is 0.333. The van der Waals surface area contributed by atoms with E-state index >= 15 is 0 Å². The summed E-state index contributed by atoms with van der Waals surface area (Å²) in [7, 11) is 0. The molecule has 1 heterocycles. The van der Waals surface area contributed by atoms with E-state index in [-0.39, 0.29) is 5.28 Å². The average Bonchev–Trinajstić information content (AvgIpc) is 2.11. The van der Waals surface area contributed by atoms with Crippen LogP contribution >= 0.6 is 11.6 Å². The molecule has 1 aromatic rings. The maximum atomic E-state index is 5.61. The Hall–Kier alpha value is -1.09. The molecule has 0 bridgehead atoms. The normalized spacial score (nSPS) is 10.7. The molecule has 0 atom stereocenters. The van der Waals surface area contributed by atoms with Gasteiger partial charge in [-0.2, -0.15) is 4.98 Å². The maximum Gasteiger partial charge on any atom is 0.225 e. The van der Waals surface area contributed by atoms with Crippen LogP contribution in [0.2, 0.25) is 5.28 Å². The van der Waals surface area contributed by atoms with E-state index in [9.17, 15) is 0 Å². The molecular formula is C9H11ClN2O. The summed E-state index contributed by atoms with van der Waals surface area (Å²) in [4.78, 5) is 7.77. The van der Waals surface area contributed by atoms with Gasteiger partial charge in [-0.15, -0.1) is 0 Å². The van der Waals surface area contributed by atoms with Gasteiger partial charge in [-0.25, -0.2) is 4.98 Å². The molecule has 0 aliphatic heterocycles. The summed E-state index contributed by atoms with van der Waals surface area (Å²) in [6.45, 7) is 4.31. The van der Waals surface area contributed by atoms with Gasteiger partial charge in [0, 0.05) is 11.8 Å². The van der Waals surface area contributed by atoms with Crippen molar-refractivity contribution in [3.63, 3.8) is 0 Å². The van der Waals surface area contributed by atoms with E-state index in [0.29, 0.717) is 12.5 Å². The fourth-order valence-electron chi connectivity index (χ4n) is 0.776. The molecule has 1 aromatic heterocycles. The Morgan fingerprint density at radius 2 is 2.38 bits per heavy atom. The van der Waals surface area contributed by atoms with Crippen molar-refractivity contribution in [3.05, 3.63) is 29.2 Å². The first-order valence-electron chi connectivity index (χ1n) is 3.97. The Kier molecular flexibility index (Phi) is 3.71. The highest BCUT2D eigenvalue weighted by Crippen LogP contribution is 2.14. The van der Waals surface area contributed by atoms with Gasteiger partial charge in [-0.05, 0) is 25.4 Å². The SMILES string of the molecule is CC=CCOc1nc(Cl)ncc1C. The van der Waals surface area contributed by atoms with Gasteiger partial charge in [0.15, 0.2) is 0 Å². The molecule has 0 aliphatic carbocycles. The Morgan fingerprint density at radius 1 is 1.62 bits per heavy atom. The van der Waals surface area contributed by atoms with Gasteiger partial charge in [0.05, 0.1) is 0 Å². The minimum atomic E-state index is 0.209. The molecule has 0 aromatic carbocycles. The van der Waals surface area contributed by atoms with Gasteiger partial charge in [0.2, 0.25) is 11.2 Å². The molecule has 0 fully saturated rings. The number of rotatable bonds is 3. The Labute approximate surface area is 82.4 Å². The Morgan fingerprint density at radius 3 is 3.08 bits per heavy atom. The standard InChI is InChI=1S/C9H11ClN2O/c1-3-4-5-13-8-7(2)6-11-9(10)12-8/h3-4,6H,5H2,1-2H3. The second-order valence-corrected chi connectivity index (χ2v) is 2.85. The Balaban J connectivity index is 2.69. The van der Waals surface area contributed by atoms with Crippen LogP contribution in [0.3, 0.4) is 0 Å². The van der Waals surface area contributed by atoms with Gasteiger partial charge in [0.25, 0.3) is 0 Å². The summed E-state index contributed by atoms with van der Waals surface area (Å²) < 4.78 is 5.34. The number of aryl methyl sites for hydroxylation is 1. The average molecular weight is 199 g/mol. The van der Waals surface area contributed by atoms with Gasteiger partial charge in [-0.3, -0.25) is 0 Å². The van der Waals surface area contributed by atoms with Crippen molar-refractivity contribution in [1.29, 1.82) is 0 Å². The van der Waals surface area contributed by atoms with Crippen LogP contribution in [0, 0.1) is 6.92 Å². The minimum absolute atomic E-state index is 0.209. The predicted molar refractivity (Wildman–Crippen MR) is 52.1 cm³/mol. The molecule has 3 nitrogen and oxygen atoms in total. The van der Waals surface area contributed by atoms with Gasteiger partial charge in [-0.1, -0.05) is 12.2 Å². The molecule has 1 rings (SSSR count). The molecular weight excluding hydrogens is 188 g/mol. The minimum Gasteiger partial charge on any atom is -0.473 e. The number of allylic oxidation sites excluding steroid dienone is 1. The third-order valence-electron chi connectivity index (χ3n) is 1.45. The molecule has 0 spiro atoms. The van der Waals surface area contributed by atoms with E-state index in [1.54, 1.807) is 6.20 Å². The summed E-state index contributed by atoms with van der Waals surface area (Å²) in [6.07, 6.45) is 5.45. The summed E-state index contributed by atoms with van der Waals surface area (Å²) in [6, 6.07) is 0. The number of halogens is 1. The summed E-state index contributed by atoms with van der Waals surface area (Å²) in [5, 5.41) is 0.209. The van der Waals surface area contributed by atoms with Crippen LogP contribution in [0.5, 0.6) is 5.88 Å². The fourth-order valence-corrected chi connectivity index (χ4v) is 0.901. The van der Waals surface area contributed by atoms with E-state index in [2.05, 4.69) is 9.97 Å². The quantitative estimate of drug-likeness (QED) is 0.553. The first-order chi connectivity index (χ1) is 6.24. The lowest BCUT2D eigenvalue weighted by Crippen LogP contribution is -1.99. The lowest BCUT2D eigenvalue weighted by molar-refractivity contribution is 0.344. The van der Waals surface area contributed by atoms with Crippen molar-refractivity contribution in [3.8, 4) is 5.88 Å². The summed E-state index contributed by atoms with van der Waals surface area (Å²) >= 11 is 5.61. The topological polar surface area (TPSA) is 35.0 Å². The molecule has 0 amide bonds. The van der Waals surface area contributed by atoms with Gasteiger partial charge >= 0.3 is 0 Å². The van der Waals surface area contributed by atoms with E-state index in [4.69, 9.17) is 16.3 Å². The molecule has 0 unspecified atom stereocenters. The number of hydrogen-bond acceptors (Lipinski definition) is 3. The molecule has 70 valence electrons. The second-order valence-electron chi connectivity index (χ2n) is 2.51. The molecule has 0 N–H and O–H groups in total. The lowest BCUT2D eigenvalue weighted by Gasteiger charge is -2.04. The smallest absolute Gasteiger partial charge is 0.225 e. The third kappa shape index (κ3) is 3.03. The van der Waals surface area contributed by atoms with Crippen LogP contribution in [-0.4, -0.2) is 16.6 Å². The zero-order valence-corrected chi connectivity index (χ0v) is 8.38. The first kappa shape index (κ1) is 9.99. The van der Waals surface area contributed by atoms with Crippen molar-refractivity contribution < 1.29 is 4.74 Å². The van der Waals surface area contributed by atoms with Crippen molar-refractivity contribution >= 4 is 11.6 Å². The lowest BCUT2D eigenvalue weighted by atomic mass is 10.4. The van der Waals surface area contributed by atoms with E-state index in [0.717, 1.165) is 5.56 Å². The number of aromatic nitrogens is 2. The van der Waals surface area contributed by atoms with Crippen LogP contribution < -0.4 is 4.74 Å². The summed E-state index contributed by atoms with van der Waals surface area (Å²) in [5.74, 6) is 0.540. The van der Waals surface area contributed by atoms with Crippen molar-refractivity contribution in [1.82, 2.24) is 9.97 Å². The van der Waals surface area contributed by atoms with Crippen LogP contribution in [0.4, 0.5) is 0 Å². The molecule has 13 heavy (non-hydrogen) atoms. The van der Waals surface area contributed by atoms with E-state index in [1.807, 2.05) is 26.0 Å². The monoisotopic (exact) mass is 198 g/mol. The van der Waals surface area contributed by atoms with E-state index < -0.39 is 0 Å². The predicted octanol–water partition coefficient (Wildman–Crippen LogP) is 2.39. The van der Waals surface area contributed by atoms with Crippen molar-refractivity contribution in [2.75, 3.05) is 6.61 Å². The largest absolute Gasteiger partial charge is 0.473 e.